The second-order valence-electron chi connectivity index (χ2n) is 2.59. The van der Waals surface area contributed by atoms with Gasteiger partial charge in [0.25, 0.3) is 0 Å². The van der Waals surface area contributed by atoms with E-state index in [0.29, 0.717) is 0 Å². The van der Waals surface area contributed by atoms with Crippen molar-refractivity contribution in [1.82, 2.24) is 0 Å². The van der Waals surface area contributed by atoms with Crippen molar-refractivity contribution in [2.45, 2.75) is 19.3 Å². The van der Waals surface area contributed by atoms with E-state index in [4.69, 9.17) is 11.6 Å². The Balaban J connectivity index is 2.05. The predicted molar refractivity (Wildman–Crippen MR) is 40.6 cm³/mol. The predicted octanol–water partition coefficient (Wildman–Crippen LogP) is 1.66. The molecule has 0 saturated heterocycles. The molecule has 0 heterocycles. The highest BCUT2D eigenvalue weighted by atomic mass is 35.5. The molecular formula is C7H9ClO4. The second-order valence-corrected chi connectivity index (χ2v) is 2.90. The van der Waals surface area contributed by atoms with Crippen LogP contribution in [0.5, 0.6) is 0 Å². The first-order valence-corrected chi connectivity index (χ1v) is 4.07. The van der Waals surface area contributed by atoms with Gasteiger partial charge in [-0.25, -0.2) is 4.79 Å². The average Bonchev–Trinajstić information content (AvgIpc) is 1.81. The Kier molecular flexibility index (Phi) is 3.34. The van der Waals surface area contributed by atoms with E-state index in [0.717, 1.165) is 19.3 Å². The largest absolute Gasteiger partial charge is 0.428 e. The molecule has 1 rings (SSSR count). The molecule has 0 aromatic carbocycles. The Morgan fingerprint density at radius 2 is 2.00 bits per heavy atom. The number of rotatable bonds is 3. The third-order valence-corrected chi connectivity index (χ3v) is 1.92. The molecule has 68 valence electrons. The van der Waals surface area contributed by atoms with Crippen molar-refractivity contribution >= 4 is 23.0 Å². The molecule has 0 aromatic heterocycles. The molecule has 0 radical (unpaired) electrons. The third-order valence-electron chi connectivity index (χ3n) is 1.81. The van der Waals surface area contributed by atoms with Gasteiger partial charge in [0, 0.05) is 11.6 Å². The Morgan fingerprint density at radius 1 is 1.33 bits per heavy atom. The topological polar surface area (TPSA) is 52.6 Å². The minimum absolute atomic E-state index is 0.000900. The highest BCUT2D eigenvalue weighted by Crippen LogP contribution is 2.27. The summed E-state index contributed by atoms with van der Waals surface area (Å²) in [6.07, 6.45) is 2.80. The molecule has 1 aliphatic carbocycles. The van der Waals surface area contributed by atoms with Crippen LogP contribution < -0.4 is 0 Å². The van der Waals surface area contributed by atoms with E-state index in [2.05, 4.69) is 9.47 Å². The van der Waals surface area contributed by atoms with Crippen LogP contribution in [0, 0.1) is 5.92 Å². The lowest BCUT2D eigenvalue weighted by Crippen LogP contribution is -2.25. The molecular weight excluding hydrogens is 184 g/mol. The van der Waals surface area contributed by atoms with E-state index in [-0.39, 0.29) is 18.7 Å². The molecule has 0 N–H and O–H groups in total. The van der Waals surface area contributed by atoms with Crippen LogP contribution >= 0.6 is 11.6 Å². The second kappa shape index (κ2) is 4.30. The number of hydrogen-bond acceptors (Lipinski definition) is 4. The van der Waals surface area contributed by atoms with Crippen LogP contribution in [0.3, 0.4) is 0 Å². The molecule has 1 fully saturated rings. The zero-order valence-corrected chi connectivity index (χ0v) is 7.17. The van der Waals surface area contributed by atoms with Crippen molar-refractivity contribution in [2.75, 3.05) is 6.79 Å². The fourth-order valence-electron chi connectivity index (χ4n) is 0.896. The van der Waals surface area contributed by atoms with Gasteiger partial charge in [-0.15, -0.1) is 0 Å². The molecule has 1 aliphatic rings. The number of carbonyl (C=O) groups excluding carboxylic acids is 2. The first-order valence-electron chi connectivity index (χ1n) is 3.69. The summed E-state index contributed by atoms with van der Waals surface area (Å²) in [5, 5.41) is 0. The number of esters is 1. The van der Waals surface area contributed by atoms with Gasteiger partial charge < -0.3 is 9.47 Å². The van der Waals surface area contributed by atoms with Gasteiger partial charge in [0.2, 0.25) is 6.79 Å². The lowest BCUT2D eigenvalue weighted by atomic mass is 9.86. The van der Waals surface area contributed by atoms with Crippen LogP contribution in [0.2, 0.25) is 0 Å². The number of hydrogen-bond donors (Lipinski definition) is 0. The van der Waals surface area contributed by atoms with Crippen LogP contribution in [0.4, 0.5) is 4.79 Å². The van der Waals surface area contributed by atoms with Crippen molar-refractivity contribution in [3.05, 3.63) is 0 Å². The zero-order chi connectivity index (χ0) is 8.97. The highest BCUT2D eigenvalue weighted by Gasteiger charge is 2.26. The van der Waals surface area contributed by atoms with E-state index >= 15 is 0 Å². The van der Waals surface area contributed by atoms with Gasteiger partial charge >= 0.3 is 11.4 Å². The van der Waals surface area contributed by atoms with Gasteiger partial charge in [-0.1, -0.05) is 6.42 Å². The molecule has 5 heteroatoms. The van der Waals surface area contributed by atoms with E-state index in [1.54, 1.807) is 0 Å². The normalized spacial score (nSPS) is 16.4. The smallest absolute Gasteiger partial charge is 0.406 e. The third kappa shape index (κ3) is 2.70. The summed E-state index contributed by atoms with van der Waals surface area (Å²) in [6, 6.07) is 0. The Bertz CT molecular complexity index is 188. The Hall–Kier alpha value is -0.770. The van der Waals surface area contributed by atoms with Crippen molar-refractivity contribution in [3.8, 4) is 0 Å². The molecule has 1 saturated carbocycles. The first-order chi connectivity index (χ1) is 5.70. The summed E-state index contributed by atoms with van der Waals surface area (Å²) < 4.78 is 8.81. The fourth-order valence-corrected chi connectivity index (χ4v) is 0.940. The van der Waals surface area contributed by atoms with Crippen LogP contribution in [0.25, 0.3) is 0 Å². The number of halogens is 1. The van der Waals surface area contributed by atoms with Crippen LogP contribution in [0.1, 0.15) is 19.3 Å². The van der Waals surface area contributed by atoms with E-state index in [9.17, 15) is 9.59 Å². The summed E-state index contributed by atoms with van der Waals surface area (Å²) in [5.74, 6) is -0.307. The SMILES string of the molecule is O=C(Cl)OCOC(=O)C1CCC1. The van der Waals surface area contributed by atoms with Crippen LogP contribution in [0.15, 0.2) is 0 Å². The maximum atomic E-state index is 11.0. The van der Waals surface area contributed by atoms with Gasteiger partial charge in [0.05, 0.1) is 5.92 Å². The minimum atomic E-state index is -0.962. The molecule has 0 amide bonds. The molecule has 0 spiro atoms. The summed E-state index contributed by atoms with van der Waals surface area (Å²) >= 11 is 4.84. The maximum Gasteiger partial charge on any atom is 0.406 e. The molecule has 0 atom stereocenters. The zero-order valence-electron chi connectivity index (χ0n) is 6.42. The van der Waals surface area contributed by atoms with Gasteiger partial charge in [-0.2, -0.15) is 0 Å². The van der Waals surface area contributed by atoms with Gasteiger partial charge in [0.15, 0.2) is 0 Å². The minimum Gasteiger partial charge on any atom is -0.428 e. The quantitative estimate of drug-likeness (QED) is 0.388. The van der Waals surface area contributed by atoms with E-state index in [1.807, 2.05) is 0 Å². The molecule has 0 unspecified atom stereocenters. The number of carbonyl (C=O) groups is 2. The van der Waals surface area contributed by atoms with Gasteiger partial charge in [-0.3, -0.25) is 4.79 Å². The van der Waals surface area contributed by atoms with Gasteiger partial charge in [0.1, 0.15) is 0 Å². The fraction of sp³-hybridized carbons (Fsp3) is 0.714. The van der Waals surface area contributed by atoms with Crippen LogP contribution in [-0.4, -0.2) is 18.2 Å². The van der Waals surface area contributed by atoms with Crippen molar-refractivity contribution in [2.24, 2.45) is 5.92 Å². The van der Waals surface area contributed by atoms with Crippen molar-refractivity contribution < 1.29 is 19.1 Å². The van der Waals surface area contributed by atoms with Crippen molar-refractivity contribution in [1.29, 1.82) is 0 Å². The summed E-state index contributed by atoms with van der Waals surface area (Å²) in [6.45, 7) is -0.377. The van der Waals surface area contributed by atoms with E-state index < -0.39 is 5.43 Å². The molecule has 12 heavy (non-hydrogen) atoms. The maximum absolute atomic E-state index is 11.0. The monoisotopic (exact) mass is 192 g/mol. The van der Waals surface area contributed by atoms with Crippen LogP contribution in [-0.2, 0) is 14.3 Å². The average molecular weight is 193 g/mol. The highest BCUT2D eigenvalue weighted by molar-refractivity contribution is 6.61. The lowest BCUT2D eigenvalue weighted by Gasteiger charge is -2.22. The van der Waals surface area contributed by atoms with E-state index in [1.165, 1.54) is 0 Å². The van der Waals surface area contributed by atoms with Gasteiger partial charge in [-0.05, 0) is 12.8 Å². The standard InChI is InChI=1S/C7H9ClO4/c8-7(10)12-4-11-6(9)5-2-1-3-5/h5H,1-4H2. The Labute approximate surface area is 74.8 Å². The number of ether oxygens (including phenoxy) is 2. The lowest BCUT2D eigenvalue weighted by molar-refractivity contribution is -0.159. The molecule has 0 aliphatic heterocycles. The van der Waals surface area contributed by atoms with Crippen molar-refractivity contribution in [3.63, 3.8) is 0 Å². The first kappa shape index (κ1) is 9.32. The molecule has 4 nitrogen and oxygen atoms in total. The molecule has 0 aromatic rings. The summed E-state index contributed by atoms with van der Waals surface area (Å²) in [5.41, 5.74) is -0.962. The summed E-state index contributed by atoms with van der Waals surface area (Å²) in [4.78, 5) is 21.0. The Morgan fingerprint density at radius 3 is 2.42 bits per heavy atom. The summed E-state index contributed by atoms with van der Waals surface area (Å²) in [7, 11) is 0. The molecule has 0 bridgehead atoms.